The van der Waals surface area contributed by atoms with E-state index in [0.717, 1.165) is 18.7 Å². The number of halogens is 1. The lowest BCUT2D eigenvalue weighted by atomic mass is 9.78. The maximum absolute atomic E-state index is 12.1. The van der Waals surface area contributed by atoms with E-state index >= 15 is 0 Å². The van der Waals surface area contributed by atoms with Crippen LogP contribution < -0.4 is 5.32 Å². The molecule has 2 heterocycles. The molecule has 1 aromatic heterocycles. The molecule has 1 N–H and O–H groups in total. The number of hydrogen-bond acceptors (Lipinski definition) is 2. The fourth-order valence-electron chi connectivity index (χ4n) is 3.17. The Morgan fingerprint density at radius 2 is 2.05 bits per heavy atom. The van der Waals surface area contributed by atoms with Crippen molar-refractivity contribution < 1.29 is 4.79 Å². The number of aromatic nitrogens is 1. The fourth-order valence-corrected chi connectivity index (χ4v) is 3.33. The van der Waals surface area contributed by atoms with Crippen molar-refractivity contribution in [2.75, 3.05) is 18.4 Å². The number of hydrogen-bond donors (Lipinski definition) is 1. The first kappa shape index (κ1) is 12.7. The van der Waals surface area contributed by atoms with Crippen LogP contribution in [0.4, 0.5) is 10.5 Å². The van der Waals surface area contributed by atoms with E-state index in [9.17, 15) is 4.79 Å². The number of carbonyl (C=O) groups is 1. The minimum Gasteiger partial charge on any atom is -0.323 e. The molecule has 1 aliphatic heterocycles. The molecule has 0 radical (unpaired) electrons. The van der Waals surface area contributed by atoms with E-state index in [-0.39, 0.29) is 6.03 Å². The zero-order valence-corrected chi connectivity index (χ0v) is 11.8. The predicted octanol–water partition coefficient (Wildman–Crippen LogP) is 3.45. The number of anilines is 1. The van der Waals surface area contributed by atoms with Gasteiger partial charge in [0.1, 0.15) is 0 Å². The van der Waals surface area contributed by atoms with Gasteiger partial charge in [-0.05, 0) is 25.3 Å². The highest BCUT2D eigenvalue weighted by atomic mass is 35.5. The third-order valence-electron chi connectivity index (χ3n) is 4.40. The van der Waals surface area contributed by atoms with Gasteiger partial charge in [-0.15, -0.1) is 0 Å². The summed E-state index contributed by atoms with van der Waals surface area (Å²) in [4.78, 5) is 18.0. The SMILES string of the molecule is Cc1c(Cl)cncc1NC(=O)N1CC2(CCCC2)C1. The summed E-state index contributed by atoms with van der Waals surface area (Å²) in [6, 6.07) is -0.0373. The summed E-state index contributed by atoms with van der Waals surface area (Å²) >= 11 is 6.00. The van der Waals surface area contributed by atoms with Gasteiger partial charge in [-0.25, -0.2) is 4.79 Å². The summed E-state index contributed by atoms with van der Waals surface area (Å²) in [5, 5.41) is 3.48. The zero-order valence-electron chi connectivity index (χ0n) is 11.1. The fraction of sp³-hybridized carbons (Fsp3) is 0.571. The lowest BCUT2D eigenvalue weighted by molar-refractivity contribution is 0.0430. The largest absolute Gasteiger partial charge is 0.323 e. The highest BCUT2D eigenvalue weighted by Gasteiger charge is 2.46. The van der Waals surface area contributed by atoms with E-state index in [2.05, 4.69) is 10.3 Å². The van der Waals surface area contributed by atoms with Gasteiger partial charge in [-0.2, -0.15) is 0 Å². The van der Waals surface area contributed by atoms with Gasteiger partial charge < -0.3 is 10.2 Å². The van der Waals surface area contributed by atoms with Crippen LogP contribution in [-0.4, -0.2) is 29.0 Å². The first-order valence-electron chi connectivity index (χ1n) is 6.76. The quantitative estimate of drug-likeness (QED) is 0.856. The average molecular weight is 280 g/mol. The van der Waals surface area contributed by atoms with Gasteiger partial charge in [0, 0.05) is 24.7 Å². The standard InChI is InChI=1S/C14H18ClN3O/c1-10-11(15)6-16-7-12(10)17-13(19)18-8-14(9-18)4-2-3-5-14/h6-7H,2-5,8-9H2,1H3,(H,17,19). The summed E-state index contributed by atoms with van der Waals surface area (Å²) in [5.41, 5.74) is 1.99. The molecule has 0 aromatic carbocycles. The average Bonchev–Trinajstić information content (AvgIpc) is 2.82. The molecule has 5 heteroatoms. The highest BCUT2D eigenvalue weighted by molar-refractivity contribution is 6.31. The lowest BCUT2D eigenvalue weighted by Gasteiger charge is -2.48. The van der Waals surface area contributed by atoms with Crippen molar-refractivity contribution in [3.05, 3.63) is 23.0 Å². The molecule has 1 saturated carbocycles. The molecule has 3 rings (SSSR count). The van der Waals surface area contributed by atoms with E-state index in [4.69, 9.17) is 11.6 Å². The van der Waals surface area contributed by atoms with E-state index in [0.29, 0.717) is 16.1 Å². The third-order valence-corrected chi connectivity index (χ3v) is 4.78. The minimum atomic E-state index is -0.0373. The van der Waals surface area contributed by atoms with Gasteiger partial charge in [-0.3, -0.25) is 4.98 Å². The van der Waals surface area contributed by atoms with Gasteiger partial charge in [0.2, 0.25) is 0 Å². The Hall–Kier alpha value is -1.29. The van der Waals surface area contributed by atoms with Crippen molar-refractivity contribution in [2.45, 2.75) is 32.6 Å². The summed E-state index contributed by atoms with van der Waals surface area (Å²) in [7, 11) is 0. The van der Waals surface area contributed by atoms with E-state index in [1.54, 1.807) is 12.4 Å². The molecule has 19 heavy (non-hydrogen) atoms. The Balaban J connectivity index is 1.62. The van der Waals surface area contributed by atoms with Crippen molar-refractivity contribution in [3.8, 4) is 0 Å². The Kier molecular flexibility index (Phi) is 3.13. The number of carbonyl (C=O) groups excluding carboxylic acids is 1. The van der Waals surface area contributed by atoms with Crippen molar-refractivity contribution in [2.24, 2.45) is 5.41 Å². The van der Waals surface area contributed by atoms with Crippen LogP contribution in [0.15, 0.2) is 12.4 Å². The highest BCUT2D eigenvalue weighted by Crippen LogP contribution is 2.45. The molecule has 4 nitrogen and oxygen atoms in total. The van der Waals surface area contributed by atoms with Crippen LogP contribution in [0.5, 0.6) is 0 Å². The summed E-state index contributed by atoms with van der Waals surface area (Å²) < 4.78 is 0. The Morgan fingerprint density at radius 1 is 1.37 bits per heavy atom. The summed E-state index contributed by atoms with van der Waals surface area (Å²) in [6.07, 6.45) is 8.40. The monoisotopic (exact) mass is 279 g/mol. The molecule has 2 aliphatic rings. The molecule has 1 saturated heterocycles. The molecule has 0 unspecified atom stereocenters. The molecular weight excluding hydrogens is 262 g/mol. The van der Waals surface area contributed by atoms with Crippen molar-refractivity contribution in [1.29, 1.82) is 0 Å². The van der Waals surface area contributed by atoms with Gasteiger partial charge in [0.15, 0.2) is 0 Å². The van der Waals surface area contributed by atoms with Crippen LogP contribution >= 0.6 is 11.6 Å². The predicted molar refractivity (Wildman–Crippen MR) is 75.5 cm³/mol. The molecule has 1 aliphatic carbocycles. The number of urea groups is 1. The number of amides is 2. The maximum atomic E-state index is 12.1. The molecule has 102 valence electrons. The number of rotatable bonds is 1. The van der Waals surface area contributed by atoms with Crippen LogP contribution in [0.2, 0.25) is 5.02 Å². The van der Waals surface area contributed by atoms with Gasteiger partial charge in [0.05, 0.1) is 16.9 Å². The zero-order chi connectivity index (χ0) is 13.5. The molecule has 1 aromatic rings. The van der Waals surface area contributed by atoms with Crippen molar-refractivity contribution >= 4 is 23.3 Å². The normalized spacial score (nSPS) is 20.4. The summed E-state index contributed by atoms with van der Waals surface area (Å²) in [6.45, 7) is 3.67. The Labute approximate surface area is 118 Å². The third kappa shape index (κ3) is 2.29. The molecule has 1 spiro atoms. The number of nitrogens with zero attached hydrogens (tertiary/aromatic N) is 2. The van der Waals surface area contributed by atoms with Crippen molar-refractivity contribution in [1.82, 2.24) is 9.88 Å². The van der Waals surface area contributed by atoms with E-state index in [1.165, 1.54) is 25.7 Å². The van der Waals surface area contributed by atoms with Gasteiger partial charge in [0.25, 0.3) is 0 Å². The smallest absolute Gasteiger partial charge is 0.321 e. The van der Waals surface area contributed by atoms with Crippen molar-refractivity contribution in [3.63, 3.8) is 0 Å². The first-order chi connectivity index (χ1) is 9.10. The molecule has 0 atom stereocenters. The minimum absolute atomic E-state index is 0.0373. The van der Waals surface area contributed by atoms with Crippen LogP contribution in [0.1, 0.15) is 31.2 Å². The maximum Gasteiger partial charge on any atom is 0.321 e. The molecule has 0 bridgehead atoms. The second-order valence-corrected chi connectivity index (χ2v) is 6.19. The topological polar surface area (TPSA) is 45.2 Å². The molecule has 2 amide bonds. The second-order valence-electron chi connectivity index (χ2n) is 5.79. The van der Waals surface area contributed by atoms with Crippen LogP contribution in [0, 0.1) is 12.3 Å². The first-order valence-corrected chi connectivity index (χ1v) is 7.14. The van der Waals surface area contributed by atoms with Crippen LogP contribution in [0.25, 0.3) is 0 Å². The second kappa shape index (κ2) is 4.67. The van der Waals surface area contributed by atoms with Gasteiger partial charge in [-0.1, -0.05) is 24.4 Å². The Morgan fingerprint density at radius 3 is 2.74 bits per heavy atom. The number of likely N-dealkylation sites (tertiary alicyclic amines) is 1. The lowest BCUT2D eigenvalue weighted by Crippen LogP contribution is -2.58. The van der Waals surface area contributed by atoms with Gasteiger partial charge >= 0.3 is 6.03 Å². The molecular formula is C14H18ClN3O. The summed E-state index contributed by atoms with van der Waals surface area (Å²) in [5.74, 6) is 0. The van der Waals surface area contributed by atoms with Crippen LogP contribution in [-0.2, 0) is 0 Å². The van der Waals surface area contributed by atoms with Crippen LogP contribution in [0.3, 0.4) is 0 Å². The Bertz CT molecular complexity index is 503. The number of pyridine rings is 1. The van der Waals surface area contributed by atoms with E-state index in [1.807, 2.05) is 11.8 Å². The number of nitrogens with one attached hydrogen (secondary N) is 1. The van der Waals surface area contributed by atoms with E-state index < -0.39 is 0 Å². The molecule has 2 fully saturated rings.